The van der Waals surface area contributed by atoms with Gasteiger partial charge in [-0.05, 0) is 12.8 Å². The maximum atomic E-state index is 12.9. The molecule has 0 bridgehead atoms. The van der Waals surface area contributed by atoms with Crippen molar-refractivity contribution in [3.8, 4) is 0 Å². The van der Waals surface area contributed by atoms with Crippen LogP contribution in [0.4, 0.5) is 0 Å². The Bertz CT molecular complexity index is 963. The van der Waals surface area contributed by atoms with Crippen molar-refractivity contribution in [1.29, 1.82) is 0 Å². The van der Waals surface area contributed by atoms with Gasteiger partial charge in [0.1, 0.15) is 13.2 Å². The summed E-state index contributed by atoms with van der Waals surface area (Å²) in [6.45, 7) is 4.75. The molecule has 1 amide bonds. The fraction of sp³-hybridized carbons (Fsp3) is 0.981. The second kappa shape index (κ2) is 44.7. The van der Waals surface area contributed by atoms with Gasteiger partial charge in [0.05, 0.1) is 39.9 Å². The number of carbonyl (C=O) groups excluding carboxylic acids is 1. The molecular formula is C52H107N2O6P. The summed E-state index contributed by atoms with van der Waals surface area (Å²) in [6, 6.07) is -0.793. The first-order valence-corrected chi connectivity index (χ1v) is 28.3. The number of phosphoric acid groups is 1. The lowest BCUT2D eigenvalue weighted by Crippen LogP contribution is -2.46. The average Bonchev–Trinajstić information content (AvgIpc) is 3.21. The number of aliphatic hydroxyl groups excluding tert-OH is 1. The molecule has 0 aromatic heterocycles. The Balaban J connectivity index is 4.02. The summed E-state index contributed by atoms with van der Waals surface area (Å²) in [4.78, 5) is 25.4. The van der Waals surface area contributed by atoms with Crippen molar-refractivity contribution >= 4 is 13.7 Å². The van der Waals surface area contributed by atoms with Gasteiger partial charge in [-0.3, -0.25) is 9.36 Å². The van der Waals surface area contributed by atoms with Gasteiger partial charge in [0.2, 0.25) is 5.91 Å². The highest BCUT2D eigenvalue weighted by Gasteiger charge is 2.24. The van der Waals surface area contributed by atoms with E-state index < -0.39 is 20.0 Å². The number of likely N-dealkylation sites (N-methyl/N-ethyl adjacent to an activating group) is 1. The van der Waals surface area contributed by atoms with E-state index in [2.05, 4.69) is 19.2 Å². The largest absolute Gasteiger partial charge is 0.756 e. The number of hydrogen-bond donors (Lipinski definition) is 2. The molecule has 0 fully saturated rings. The number of nitrogens with zero attached hydrogens (tertiary/aromatic N) is 1. The van der Waals surface area contributed by atoms with Crippen LogP contribution < -0.4 is 10.2 Å². The Morgan fingerprint density at radius 2 is 0.803 bits per heavy atom. The highest BCUT2D eigenvalue weighted by atomic mass is 31.2. The molecule has 366 valence electrons. The topological polar surface area (TPSA) is 108 Å². The van der Waals surface area contributed by atoms with E-state index in [1.54, 1.807) is 0 Å². The second-order valence-corrected chi connectivity index (χ2v) is 21.4. The summed E-state index contributed by atoms with van der Waals surface area (Å²) in [5.41, 5.74) is 0. The van der Waals surface area contributed by atoms with Crippen LogP contribution in [-0.4, -0.2) is 68.5 Å². The number of carbonyl (C=O) groups is 1. The number of amides is 1. The molecule has 0 aromatic rings. The molecule has 0 heterocycles. The lowest BCUT2D eigenvalue weighted by molar-refractivity contribution is -0.870. The lowest BCUT2D eigenvalue weighted by atomic mass is 10.0. The zero-order valence-corrected chi connectivity index (χ0v) is 42.5. The van der Waals surface area contributed by atoms with Gasteiger partial charge in [0.25, 0.3) is 7.82 Å². The van der Waals surface area contributed by atoms with Gasteiger partial charge >= 0.3 is 0 Å². The fourth-order valence-corrected chi connectivity index (χ4v) is 9.06. The Labute approximate surface area is 380 Å². The lowest BCUT2D eigenvalue weighted by Gasteiger charge is -2.30. The van der Waals surface area contributed by atoms with E-state index in [-0.39, 0.29) is 19.1 Å². The SMILES string of the molecule is CCCCCCCCCCCCCCCCCCCCCCCCCCCCCCC(O)C(COP(=O)([O-])OCC[N+](C)(C)C)NC(=O)CCCCCCCCCCCCC. The Kier molecular flexibility index (Phi) is 44.3. The van der Waals surface area contributed by atoms with Crippen LogP contribution in [0.15, 0.2) is 0 Å². The van der Waals surface area contributed by atoms with Crippen LogP contribution in [0.5, 0.6) is 0 Å². The van der Waals surface area contributed by atoms with Gasteiger partial charge in [0, 0.05) is 6.42 Å². The molecule has 2 N–H and O–H groups in total. The van der Waals surface area contributed by atoms with Crippen molar-refractivity contribution in [2.45, 2.75) is 289 Å². The molecule has 0 saturated heterocycles. The number of hydrogen-bond acceptors (Lipinski definition) is 6. The summed E-state index contributed by atoms with van der Waals surface area (Å²) in [5.74, 6) is -0.161. The number of phosphoric ester groups is 1. The van der Waals surface area contributed by atoms with Crippen molar-refractivity contribution in [1.82, 2.24) is 5.32 Å². The van der Waals surface area contributed by atoms with E-state index in [0.717, 1.165) is 38.5 Å². The Morgan fingerprint density at radius 1 is 0.508 bits per heavy atom. The molecule has 0 spiro atoms. The first-order chi connectivity index (χ1) is 29.5. The molecule has 9 heteroatoms. The molecule has 0 aromatic carbocycles. The van der Waals surface area contributed by atoms with Crippen LogP contribution >= 0.6 is 7.82 Å². The fourth-order valence-electron chi connectivity index (χ4n) is 8.34. The van der Waals surface area contributed by atoms with Crippen molar-refractivity contribution < 1.29 is 32.9 Å². The predicted molar refractivity (Wildman–Crippen MR) is 261 cm³/mol. The third kappa shape index (κ3) is 47.3. The molecule has 0 radical (unpaired) electrons. The van der Waals surface area contributed by atoms with E-state index in [1.165, 1.54) is 212 Å². The van der Waals surface area contributed by atoms with Crippen LogP contribution in [-0.2, 0) is 18.4 Å². The minimum atomic E-state index is -4.56. The van der Waals surface area contributed by atoms with Gasteiger partial charge in [-0.2, -0.15) is 0 Å². The number of rotatable bonds is 50. The third-order valence-corrected chi connectivity index (χ3v) is 13.6. The minimum absolute atomic E-state index is 0.0162. The normalized spacial score (nSPS) is 14.0. The van der Waals surface area contributed by atoms with Gasteiger partial charge in [-0.25, -0.2) is 0 Å². The maximum absolute atomic E-state index is 12.9. The van der Waals surface area contributed by atoms with Gasteiger partial charge in [-0.15, -0.1) is 0 Å². The number of nitrogens with one attached hydrogen (secondary N) is 1. The molecular weight excluding hydrogens is 780 g/mol. The summed E-state index contributed by atoms with van der Waals surface area (Å²) in [6.07, 6.45) is 51.4. The predicted octanol–water partition coefficient (Wildman–Crippen LogP) is 15.1. The zero-order valence-electron chi connectivity index (χ0n) is 41.7. The quantitative estimate of drug-likeness (QED) is 0.0358. The van der Waals surface area contributed by atoms with Crippen molar-refractivity contribution in [3.63, 3.8) is 0 Å². The summed E-state index contributed by atoms with van der Waals surface area (Å²) in [5, 5.41) is 14.0. The first kappa shape index (κ1) is 60.5. The minimum Gasteiger partial charge on any atom is -0.756 e. The molecule has 0 aliphatic carbocycles. The van der Waals surface area contributed by atoms with Crippen LogP contribution in [0.3, 0.4) is 0 Å². The molecule has 3 atom stereocenters. The van der Waals surface area contributed by atoms with Crippen LogP contribution in [0.1, 0.15) is 277 Å². The summed E-state index contributed by atoms with van der Waals surface area (Å²) >= 11 is 0. The van der Waals surface area contributed by atoms with Crippen molar-refractivity contribution in [3.05, 3.63) is 0 Å². The van der Waals surface area contributed by atoms with Crippen molar-refractivity contribution in [2.24, 2.45) is 0 Å². The summed E-state index contributed by atoms with van der Waals surface area (Å²) < 4.78 is 23.3. The molecule has 0 aliphatic heterocycles. The van der Waals surface area contributed by atoms with Gasteiger partial charge in [-0.1, -0.05) is 258 Å². The van der Waals surface area contributed by atoms with E-state index in [0.29, 0.717) is 23.9 Å². The Morgan fingerprint density at radius 3 is 1.11 bits per heavy atom. The smallest absolute Gasteiger partial charge is 0.268 e. The monoisotopic (exact) mass is 887 g/mol. The highest BCUT2D eigenvalue weighted by Crippen LogP contribution is 2.38. The van der Waals surface area contributed by atoms with Gasteiger partial charge in [0.15, 0.2) is 0 Å². The molecule has 0 rings (SSSR count). The summed E-state index contributed by atoms with van der Waals surface area (Å²) in [7, 11) is 1.32. The van der Waals surface area contributed by atoms with Gasteiger partial charge < -0.3 is 28.8 Å². The maximum Gasteiger partial charge on any atom is 0.268 e. The zero-order chi connectivity index (χ0) is 45.0. The molecule has 8 nitrogen and oxygen atoms in total. The Hall–Kier alpha value is -0.500. The highest BCUT2D eigenvalue weighted by molar-refractivity contribution is 7.45. The number of quaternary nitrogens is 1. The van der Waals surface area contributed by atoms with E-state index >= 15 is 0 Å². The molecule has 3 unspecified atom stereocenters. The van der Waals surface area contributed by atoms with E-state index in [9.17, 15) is 19.4 Å². The molecule has 0 saturated carbocycles. The van der Waals surface area contributed by atoms with E-state index in [4.69, 9.17) is 9.05 Å². The standard InChI is InChI=1S/C52H107N2O6P/c1-6-8-10-12-14-16-18-19-20-21-22-23-24-25-26-27-28-29-30-31-32-33-34-36-37-39-41-43-45-51(55)50(49-60-61(57,58)59-48-47-54(3,4)5)53-52(56)46-44-42-40-38-35-17-15-13-11-9-7-2/h50-51,55H,6-49H2,1-5H3,(H-,53,56,57,58). The third-order valence-electron chi connectivity index (χ3n) is 12.6. The first-order valence-electron chi connectivity index (χ1n) is 26.9. The molecule has 61 heavy (non-hydrogen) atoms. The van der Waals surface area contributed by atoms with Crippen LogP contribution in [0, 0.1) is 0 Å². The van der Waals surface area contributed by atoms with Crippen LogP contribution in [0.2, 0.25) is 0 Å². The number of unbranched alkanes of at least 4 members (excludes halogenated alkanes) is 37. The second-order valence-electron chi connectivity index (χ2n) is 20.0. The van der Waals surface area contributed by atoms with E-state index in [1.807, 2.05) is 21.1 Å². The number of aliphatic hydroxyl groups is 1. The van der Waals surface area contributed by atoms with Crippen LogP contribution in [0.25, 0.3) is 0 Å². The average molecular weight is 887 g/mol. The molecule has 0 aliphatic rings. The van der Waals surface area contributed by atoms with Crippen molar-refractivity contribution in [2.75, 3.05) is 40.9 Å².